The minimum Gasteiger partial charge on any atom is -0.493 e. The number of benzene rings is 1. The third kappa shape index (κ3) is 6.65. The maximum absolute atomic E-state index is 12.6. The van der Waals surface area contributed by atoms with Crippen molar-refractivity contribution in [1.82, 2.24) is 15.5 Å². The number of amides is 3. The van der Waals surface area contributed by atoms with E-state index in [1.807, 2.05) is 36.1 Å². The summed E-state index contributed by atoms with van der Waals surface area (Å²) in [6, 6.07) is 7.95. The van der Waals surface area contributed by atoms with Crippen LogP contribution in [0.1, 0.15) is 56.9 Å². The molecule has 1 saturated carbocycles. The molecule has 2 fully saturated rings. The van der Waals surface area contributed by atoms with Gasteiger partial charge >= 0.3 is 6.03 Å². The summed E-state index contributed by atoms with van der Waals surface area (Å²) in [4.78, 5) is 26.7. The van der Waals surface area contributed by atoms with Crippen molar-refractivity contribution in [2.45, 2.75) is 64.3 Å². The van der Waals surface area contributed by atoms with Gasteiger partial charge in [0.05, 0.1) is 6.61 Å². The van der Waals surface area contributed by atoms with Crippen LogP contribution in [-0.2, 0) is 4.79 Å². The second-order valence-corrected chi connectivity index (χ2v) is 8.30. The van der Waals surface area contributed by atoms with Crippen molar-refractivity contribution < 1.29 is 14.3 Å². The zero-order valence-corrected chi connectivity index (χ0v) is 17.6. The van der Waals surface area contributed by atoms with Crippen molar-refractivity contribution in [1.29, 1.82) is 0 Å². The fraction of sp³-hybridized carbons (Fsp3) is 0.652. The standard InChI is InChI=1S/C23H35N3O3/c1-18-8-5-6-11-21(18)29-17-7-14-24-23(28)25-20-12-15-26(16-13-20)22(27)19-9-3-2-4-10-19/h5-6,8,11,19-20H,2-4,7,9-10,12-17H2,1H3,(H2,24,25,28). The van der Waals surface area contributed by atoms with Crippen molar-refractivity contribution in [3.05, 3.63) is 29.8 Å². The second-order valence-electron chi connectivity index (χ2n) is 8.30. The van der Waals surface area contributed by atoms with Gasteiger partial charge in [0.1, 0.15) is 5.75 Å². The lowest BCUT2D eigenvalue weighted by Gasteiger charge is -2.35. The van der Waals surface area contributed by atoms with Crippen molar-refractivity contribution >= 4 is 11.9 Å². The minimum atomic E-state index is -0.127. The van der Waals surface area contributed by atoms with E-state index >= 15 is 0 Å². The molecule has 0 bridgehead atoms. The van der Waals surface area contributed by atoms with Crippen molar-refractivity contribution in [3.63, 3.8) is 0 Å². The Morgan fingerprint density at radius 2 is 1.79 bits per heavy atom. The number of hydrogen-bond acceptors (Lipinski definition) is 3. The van der Waals surface area contributed by atoms with E-state index in [9.17, 15) is 9.59 Å². The van der Waals surface area contributed by atoms with E-state index in [0.29, 0.717) is 19.1 Å². The smallest absolute Gasteiger partial charge is 0.315 e. The SMILES string of the molecule is Cc1ccccc1OCCCNC(=O)NC1CCN(C(=O)C2CCCCC2)CC1. The first kappa shape index (κ1) is 21.5. The third-order valence-corrected chi connectivity index (χ3v) is 6.05. The molecule has 2 aliphatic rings. The summed E-state index contributed by atoms with van der Waals surface area (Å²) in [5.74, 6) is 1.46. The number of piperidine rings is 1. The highest BCUT2D eigenvalue weighted by Crippen LogP contribution is 2.26. The number of nitrogens with zero attached hydrogens (tertiary/aromatic N) is 1. The van der Waals surface area contributed by atoms with Gasteiger partial charge in [-0.2, -0.15) is 0 Å². The molecule has 1 saturated heterocycles. The largest absolute Gasteiger partial charge is 0.493 e. The third-order valence-electron chi connectivity index (χ3n) is 6.05. The lowest BCUT2D eigenvalue weighted by Crippen LogP contribution is -2.50. The number of urea groups is 1. The number of ether oxygens (including phenoxy) is 1. The highest BCUT2D eigenvalue weighted by Gasteiger charge is 2.29. The molecule has 2 N–H and O–H groups in total. The Balaban J connectivity index is 1.27. The molecule has 6 heteroatoms. The molecule has 1 aromatic carbocycles. The van der Waals surface area contributed by atoms with E-state index < -0.39 is 0 Å². The molecular weight excluding hydrogens is 366 g/mol. The average Bonchev–Trinajstić information content (AvgIpc) is 2.75. The number of rotatable bonds is 7. The van der Waals surface area contributed by atoms with Gasteiger partial charge in [-0.15, -0.1) is 0 Å². The van der Waals surface area contributed by atoms with Gasteiger partial charge in [0, 0.05) is 31.6 Å². The van der Waals surface area contributed by atoms with Crippen LogP contribution in [0.4, 0.5) is 4.79 Å². The molecule has 160 valence electrons. The summed E-state index contributed by atoms with van der Waals surface area (Å²) in [5.41, 5.74) is 1.12. The van der Waals surface area contributed by atoms with Gasteiger partial charge in [-0.25, -0.2) is 4.79 Å². The van der Waals surface area contributed by atoms with Crippen molar-refractivity contribution in [2.75, 3.05) is 26.2 Å². The van der Waals surface area contributed by atoms with Crippen LogP contribution >= 0.6 is 0 Å². The number of nitrogens with one attached hydrogen (secondary N) is 2. The van der Waals surface area contributed by atoms with Gasteiger partial charge in [-0.1, -0.05) is 37.5 Å². The van der Waals surface area contributed by atoms with Crippen LogP contribution in [0.2, 0.25) is 0 Å². The predicted molar refractivity (Wildman–Crippen MR) is 114 cm³/mol. The molecule has 3 amide bonds. The van der Waals surface area contributed by atoms with Gasteiger partial charge in [0.25, 0.3) is 0 Å². The summed E-state index contributed by atoms with van der Waals surface area (Å²) in [7, 11) is 0. The summed E-state index contributed by atoms with van der Waals surface area (Å²) in [6.45, 7) is 4.69. The number of para-hydroxylation sites is 1. The van der Waals surface area contributed by atoms with E-state index in [2.05, 4.69) is 10.6 Å². The van der Waals surface area contributed by atoms with Crippen LogP contribution in [0, 0.1) is 12.8 Å². The molecule has 0 aromatic heterocycles. The van der Waals surface area contributed by atoms with Crippen molar-refractivity contribution in [2.24, 2.45) is 5.92 Å². The Morgan fingerprint density at radius 1 is 1.07 bits per heavy atom. The lowest BCUT2D eigenvalue weighted by atomic mass is 9.87. The van der Waals surface area contributed by atoms with E-state index in [0.717, 1.165) is 56.5 Å². The van der Waals surface area contributed by atoms with Crippen molar-refractivity contribution in [3.8, 4) is 5.75 Å². The molecule has 0 spiro atoms. The molecule has 1 aromatic rings. The van der Waals surface area contributed by atoms with Crippen LogP contribution in [0.3, 0.4) is 0 Å². The van der Waals surface area contributed by atoms with E-state index in [1.165, 1.54) is 19.3 Å². The van der Waals surface area contributed by atoms with E-state index in [1.54, 1.807) is 0 Å². The fourth-order valence-electron chi connectivity index (χ4n) is 4.26. The Labute approximate surface area is 174 Å². The topological polar surface area (TPSA) is 70.7 Å². The molecule has 0 atom stereocenters. The normalized spacial score (nSPS) is 18.3. The zero-order valence-electron chi connectivity index (χ0n) is 17.6. The molecule has 0 unspecified atom stereocenters. The van der Waals surface area contributed by atoms with Crippen LogP contribution < -0.4 is 15.4 Å². The predicted octanol–water partition coefficient (Wildman–Crippen LogP) is 3.63. The first-order valence-corrected chi connectivity index (χ1v) is 11.1. The first-order chi connectivity index (χ1) is 14.1. The van der Waals surface area contributed by atoms with Crippen LogP contribution in [0.5, 0.6) is 5.75 Å². The number of likely N-dealkylation sites (tertiary alicyclic amines) is 1. The maximum Gasteiger partial charge on any atom is 0.315 e. The zero-order chi connectivity index (χ0) is 20.5. The lowest BCUT2D eigenvalue weighted by molar-refractivity contribution is -0.137. The molecule has 3 rings (SSSR count). The number of carbonyl (C=O) groups excluding carboxylic acids is 2. The molecule has 1 heterocycles. The molecular formula is C23H35N3O3. The molecule has 0 radical (unpaired) electrons. The highest BCUT2D eigenvalue weighted by molar-refractivity contribution is 5.79. The van der Waals surface area contributed by atoms with Crippen LogP contribution in [-0.4, -0.2) is 49.1 Å². The van der Waals surface area contributed by atoms with E-state index in [-0.39, 0.29) is 18.0 Å². The minimum absolute atomic E-state index is 0.127. The van der Waals surface area contributed by atoms with E-state index in [4.69, 9.17) is 4.74 Å². The van der Waals surface area contributed by atoms with Gasteiger partial charge in [-0.05, 0) is 50.7 Å². The Hall–Kier alpha value is -2.24. The number of carbonyl (C=O) groups is 2. The van der Waals surface area contributed by atoms with Gasteiger partial charge < -0.3 is 20.3 Å². The molecule has 29 heavy (non-hydrogen) atoms. The average molecular weight is 402 g/mol. The van der Waals surface area contributed by atoms with Crippen LogP contribution in [0.25, 0.3) is 0 Å². The highest BCUT2D eigenvalue weighted by atomic mass is 16.5. The van der Waals surface area contributed by atoms with Crippen LogP contribution in [0.15, 0.2) is 24.3 Å². The maximum atomic E-state index is 12.6. The summed E-state index contributed by atoms with van der Waals surface area (Å²) < 4.78 is 5.74. The summed E-state index contributed by atoms with van der Waals surface area (Å²) in [5, 5.41) is 5.95. The van der Waals surface area contributed by atoms with Gasteiger partial charge in [-0.3, -0.25) is 4.79 Å². The number of hydrogen-bond donors (Lipinski definition) is 2. The Morgan fingerprint density at radius 3 is 2.52 bits per heavy atom. The second kappa shape index (κ2) is 11.1. The molecule has 6 nitrogen and oxygen atoms in total. The monoisotopic (exact) mass is 401 g/mol. The molecule has 1 aliphatic carbocycles. The quantitative estimate of drug-likeness (QED) is 0.686. The number of aryl methyl sites for hydroxylation is 1. The van der Waals surface area contributed by atoms with Gasteiger partial charge in [0.2, 0.25) is 5.91 Å². The first-order valence-electron chi connectivity index (χ1n) is 11.1. The Bertz CT molecular complexity index is 665. The summed E-state index contributed by atoms with van der Waals surface area (Å²) in [6.07, 6.45) is 8.17. The molecule has 1 aliphatic heterocycles. The Kier molecular flexibility index (Phi) is 8.20. The van der Waals surface area contributed by atoms with Gasteiger partial charge in [0.15, 0.2) is 0 Å². The fourth-order valence-corrected chi connectivity index (χ4v) is 4.26. The summed E-state index contributed by atoms with van der Waals surface area (Å²) >= 11 is 0.